The maximum absolute atomic E-state index is 12.4. The number of amides is 1. The van der Waals surface area contributed by atoms with E-state index in [4.69, 9.17) is 11.6 Å². The summed E-state index contributed by atoms with van der Waals surface area (Å²) in [5.41, 5.74) is 2.85. The fraction of sp³-hybridized carbons (Fsp3) is 0.235. The zero-order chi connectivity index (χ0) is 15.4. The second kappa shape index (κ2) is 6.71. The Morgan fingerprint density at radius 3 is 2.59 bits per heavy atom. The van der Waals surface area contributed by atoms with Gasteiger partial charge >= 0.3 is 0 Å². The molecule has 2 aromatic rings. The van der Waals surface area contributed by atoms with Gasteiger partial charge in [0.2, 0.25) is 0 Å². The summed E-state index contributed by atoms with van der Waals surface area (Å²) >= 11 is 5.99. The van der Waals surface area contributed by atoms with E-state index < -0.39 is 0 Å². The molecule has 2 heterocycles. The summed E-state index contributed by atoms with van der Waals surface area (Å²) in [5.74, 6) is -0.119. The number of aromatic nitrogens is 2. The number of hydrogen-bond acceptors (Lipinski definition) is 3. The van der Waals surface area contributed by atoms with Crippen molar-refractivity contribution in [2.45, 2.75) is 12.8 Å². The van der Waals surface area contributed by atoms with E-state index in [0.717, 1.165) is 12.8 Å². The van der Waals surface area contributed by atoms with E-state index in [1.807, 2.05) is 18.2 Å². The van der Waals surface area contributed by atoms with E-state index >= 15 is 0 Å². The van der Waals surface area contributed by atoms with Crippen LogP contribution in [0.15, 0.2) is 48.4 Å². The average Bonchev–Trinajstić information content (AvgIpc) is 2.56. The van der Waals surface area contributed by atoms with Crippen molar-refractivity contribution in [1.29, 1.82) is 0 Å². The molecule has 0 unspecified atom stereocenters. The Bertz CT molecular complexity index is 690. The summed E-state index contributed by atoms with van der Waals surface area (Å²) in [7, 11) is 0. The molecule has 4 nitrogen and oxygen atoms in total. The van der Waals surface area contributed by atoms with Crippen LogP contribution in [0.25, 0.3) is 6.08 Å². The molecule has 0 spiro atoms. The van der Waals surface area contributed by atoms with Gasteiger partial charge in [-0.3, -0.25) is 4.79 Å². The van der Waals surface area contributed by atoms with Gasteiger partial charge in [-0.2, -0.15) is 0 Å². The molecule has 1 aliphatic heterocycles. The Hall–Kier alpha value is -2.20. The average molecular weight is 314 g/mol. The number of hydrogen-bond donors (Lipinski definition) is 0. The van der Waals surface area contributed by atoms with E-state index in [9.17, 15) is 4.79 Å². The van der Waals surface area contributed by atoms with Gasteiger partial charge in [0, 0.05) is 19.3 Å². The molecule has 1 aromatic heterocycles. The van der Waals surface area contributed by atoms with Crippen molar-refractivity contribution >= 4 is 23.6 Å². The van der Waals surface area contributed by atoms with Crippen molar-refractivity contribution in [3.63, 3.8) is 0 Å². The molecule has 0 radical (unpaired) electrons. The van der Waals surface area contributed by atoms with Crippen LogP contribution in [0.5, 0.6) is 0 Å². The molecule has 0 saturated carbocycles. The second-order valence-corrected chi connectivity index (χ2v) is 5.63. The highest BCUT2D eigenvalue weighted by atomic mass is 35.5. The molecule has 1 saturated heterocycles. The first-order valence-electron chi connectivity index (χ1n) is 7.23. The van der Waals surface area contributed by atoms with Gasteiger partial charge in [-0.1, -0.05) is 53.6 Å². The summed E-state index contributed by atoms with van der Waals surface area (Å²) in [6, 6.07) is 10.2. The van der Waals surface area contributed by atoms with Gasteiger partial charge in [-0.15, -0.1) is 0 Å². The molecular formula is C17H16ClN3O. The Balaban J connectivity index is 1.66. The third kappa shape index (κ3) is 3.34. The highest BCUT2D eigenvalue weighted by Crippen LogP contribution is 2.22. The summed E-state index contributed by atoms with van der Waals surface area (Å²) in [4.78, 5) is 22.0. The zero-order valence-electron chi connectivity index (χ0n) is 12.1. The molecule has 5 heteroatoms. The third-order valence-electron chi connectivity index (χ3n) is 3.73. The lowest BCUT2D eigenvalue weighted by atomic mass is 10.0. The molecule has 0 N–H and O–H groups in total. The van der Waals surface area contributed by atoms with Gasteiger partial charge in [0.15, 0.2) is 0 Å². The predicted molar refractivity (Wildman–Crippen MR) is 86.6 cm³/mol. The van der Waals surface area contributed by atoms with E-state index in [1.165, 1.54) is 23.7 Å². The van der Waals surface area contributed by atoms with Crippen LogP contribution in [0.4, 0.5) is 0 Å². The Morgan fingerprint density at radius 1 is 1.18 bits per heavy atom. The van der Waals surface area contributed by atoms with Crippen LogP contribution in [0.3, 0.4) is 0 Å². The molecule has 1 fully saturated rings. The minimum Gasteiger partial charge on any atom is -0.337 e. The highest BCUT2D eigenvalue weighted by molar-refractivity contribution is 6.33. The number of halogens is 1. The molecule has 3 rings (SSSR count). The van der Waals surface area contributed by atoms with Crippen LogP contribution < -0.4 is 0 Å². The lowest BCUT2D eigenvalue weighted by Crippen LogP contribution is -2.37. The second-order valence-electron chi connectivity index (χ2n) is 5.22. The van der Waals surface area contributed by atoms with Gasteiger partial charge < -0.3 is 4.90 Å². The molecule has 112 valence electrons. The van der Waals surface area contributed by atoms with E-state index in [2.05, 4.69) is 28.2 Å². The van der Waals surface area contributed by atoms with Crippen molar-refractivity contribution in [1.82, 2.24) is 14.9 Å². The summed E-state index contributed by atoms with van der Waals surface area (Å²) in [6.07, 6.45) is 6.77. The molecule has 0 atom stereocenters. The lowest BCUT2D eigenvalue weighted by molar-refractivity contribution is 0.0738. The lowest BCUT2D eigenvalue weighted by Gasteiger charge is -2.28. The summed E-state index contributed by atoms with van der Waals surface area (Å²) in [6.45, 7) is 1.38. The number of benzene rings is 1. The first-order chi connectivity index (χ1) is 10.7. The van der Waals surface area contributed by atoms with Gasteiger partial charge in [-0.25, -0.2) is 9.97 Å². The molecule has 1 amide bonds. The highest BCUT2D eigenvalue weighted by Gasteiger charge is 2.23. The Kier molecular flexibility index (Phi) is 4.49. The number of piperidine rings is 1. The zero-order valence-corrected chi connectivity index (χ0v) is 12.8. The number of rotatable bonds is 2. The third-order valence-corrected chi connectivity index (χ3v) is 4.01. The van der Waals surface area contributed by atoms with Crippen LogP contribution in [0.1, 0.15) is 28.9 Å². The molecule has 1 aliphatic rings. The normalized spacial score (nSPS) is 14.8. The SMILES string of the molecule is O=C(c1ncncc1Cl)N1CCC(=Cc2ccccc2)CC1. The quantitative estimate of drug-likeness (QED) is 0.853. The first kappa shape index (κ1) is 14.7. The molecule has 0 aliphatic carbocycles. The number of nitrogens with zero attached hydrogens (tertiary/aromatic N) is 3. The Morgan fingerprint density at radius 2 is 1.91 bits per heavy atom. The van der Waals surface area contributed by atoms with E-state index in [1.54, 1.807) is 4.90 Å². The van der Waals surface area contributed by atoms with Gasteiger partial charge in [0.05, 0.1) is 5.02 Å². The minimum absolute atomic E-state index is 0.119. The van der Waals surface area contributed by atoms with Crippen LogP contribution in [-0.2, 0) is 0 Å². The maximum Gasteiger partial charge on any atom is 0.274 e. The number of likely N-dealkylation sites (tertiary alicyclic amines) is 1. The van der Waals surface area contributed by atoms with Gasteiger partial charge in [-0.05, 0) is 18.4 Å². The standard InChI is InChI=1S/C17H16ClN3O/c18-15-11-19-12-20-16(15)17(22)21-8-6-14(7-9-21)10-13-4-2-1-3-5-13/h1-5,10-12H,6-9H2. The first-order valence-corrected chi connectivity index (χ1v) is 7.61. The van der Waals surface area contributed by atoms with Crippen LogP contribution in [-0.4, -0.2) is 33.9 Å². The monoisotopic (exact) mass is 313 g/mol. The van der Waals surface area contributed by atoms with E-state index in [-0.39, 0.29) is 11.6 Å². The largest absolute Gasteiger partial charge is 0.337 e. The van der Waals surface area contributed by atoms with Crippen molar-refractivity contribution < 1.29 is 4.79 Å². The predicted octanol–water partition coefficient (Wildman–Crippen LogP) is 3.45. The number of carbonyl (C=O) groups is 1. The number of carbonyl (C=O) groups excluding carboxylic acids is 1. The summed E-state index contributed by atoms with van der Waals surface area (Å²) < 4.78 is 0. The van der Waals surface area contributed by atoms with Gasteiger partial charge in [0.25, 0.3) is 5.91 Å². The van der Waals surface area contributed by atoms with Crippen LogP contribution >= 0.6 is 11.6 Å². The molecule has 0 bridgehead atoms. The fourth-order valence-corrected chi connectivity index (χ4v) is 2.73. The van der Waals surface area contributed by atoms with Crippen molar-refractivity contribution in [3.8, 4) is 0 Å². The van der Waals surface area contributed by atoms with Crippen LogP contribution in [0, 0.1) is 0 Å². The molecular weight excluding hydrogens is 298 g/mol. The molecule has 1 aromatic carbocycles. The Labute approximate surface area is 134 Å². The summed E-state index contributed by atoms with van der Waals surface area (Å²) in [5, 5.41) is 0.304. The topological polar surface area (TPSA) is 46.1 Å². The fourth-order valence-electron chi connectivity index (χ4n) is 2.55. The van der Waals surface area contributed by atoms with Crippen LogP contribution in [0.2, 0.25) is 5.02 Å². The smallest absolute Gasteiger partial charge is 0.274 e. The van der Waals surface area contributed by atoms with Crippen molar-refractivity contribution in [2.24, 2.45) is 0 Å². The van der Waals surface area contributed by atoms with E-state index in [0.29, 0.717) is 18.1 Å². The van der Waals surface area contributed by atoms with Crippen molar-refractivity contribution in [2.75, 3.05) is 13.1 Å². The maximum atomic E-state index is 12.4. The van der Waals surface area contributed by atoms with Gasteiger partial charge in [0.1, 0.15) is 12.0 Å². The molecule has 22 heavy (non-hydrogen) atoms. The van der Waals surface area contributed by atoms with Crippen molar-refractivity contribution in [3.05, 3.63) is 64.7 Å². The minimum atomic E-state index is -0.119.